The number of carbonyl (C=O) groups is 2. The van der Waals surface area contributed by atoms with E-state index in [1.54, 1.807) is 0 Å². The Hall–Kier alpha value is -5.12. The number of nitrogens with zero attached hydrogens (tertiary/aromatic N) is 2. The topological polar surface area (TPSA) is 120 Å². The molecule has 0 fully saturated rings. The summed E-state index contributed by atoms with van der Waals surface area (Å²) in [5.74, 6) is 1.47. The van der Waals surface area contributed by atoms with Crippen LogP contribution in [0.2, 0.25) is 0 Å². The molecule has 0 saturated heterocycles. The van der Waals surface area contributed by atoms with Gasteiger partial charge < -0.3 is 29.6 Å². The van der Waals surface area contributed by atoms with Gasteiger partial charge in [0.25, 0.3) is 0 Å². The summed E-state index contributed by atoms with van der Waals surface area (Å²) in [7, 11) is 0. The number of allylic oxidation sites excluding steroid dienone is 1. The van der Waals surface area contributed by atoms with E-state index in [-0.39, 0.29) is 17.6 Å². The molecule has 0 radical (unpaired) electrons. The van der Waals surface area contributed by atoms with Gasteiger partial charge in [0.15, 0.2) is 18.0 Å². The lowest BCUT2D eigenvalue weighted by Crippen LogP contribution is -2.48. The number of rotatable bonds is 7. The van der Waals surface area contributed by atoms with Crippen LogP contribution in [-0.4, -0.2) is 48.7 Å². The van der Waals surface area contributed by atoms with Gasteiger partial charge in [-0.25, -0.2) is 9.98 Å². The molecule has 10 heteroatoms. The van der Waals surface area contributed by atoms with E-state index in [1.165, 1.54) is 13.8 Å². The zero-order valence-corrected chi connectivity index (χ0v) is 24.6. The van der Waals surface area contributed by atoms with E-state index in [4.69, 9.17) is 28.9 Å². The second-order valence-corrected chi connectivity index (χ2v) is 10.3. The number of amides is 2. The Morgan fingerprint density at radius 3 is 2.40 bits per heavy atom. The highest BCUT2D eigenvalue weighted by molar-refractivity contribution is 6.13. The molecule has 0 saturated carbocycles. The van der Waals surface area contributed by atoms with Crippen LogP contribution in [0.5, 0.6) is 11.5 Å². The standard InChI is InChI=1S/C33H32N4O6/c1-6-40-24-15-22-26(13-17(24)3)42-32-28(34-18(4)38)31-33(29(30(32)36-22)35-19(5)39)43-27-14-21(20-11-9-8-10-12-20)25(41-7-2)16-23(27)37-31/h8-16,26,33H,6-7H2,1-5H3,(H,34,38)(H,35,39). The highest BCUT2D eigenvalue weighted by atomic mass is 16.5. The first-order chi connectivity index (χ1) is 20.8. The van der Waals surface area contributed by atoms with E-state index in [1.807, 2.05) is 75.4 Å². The average Bonchev–Trinajstić information content (AvgIpc) is 2.98. The summed E-state index contributed by atoms with van der Waals surface area (Å²) in [5.41, 5.74) is 5.21. The van der Waals surface area contributed by atoms with Gasteiger partial charge in [-0.15, -0.1) is 0 Å². The molecule has 2 unspecified atom stereocenters. The van der Waals surface area contributed by atoms with Crippen LogP contribution in [0.1, 0.15) is 34.6 Å². The fourth-order valence-electron chi connectivity index (χ4n) is 5.40. The first-order valence-corrected chi connectivity index (χ1v) is 14.2. The van der Waals surface area contributed by atoms with Crippen molar-refractivity contribution in [3.05, 3.63) is 88.8 Å². The van der Waals surface area contributed by atoms with Gasteiger partial charge in [-0.2, -0.15) is 0 Å². The highest BCUT2D eigenvalue weighted by Gasteiger charge is 2.44. The maximum absolute atomic E-state index is 12.5. The van der Waals surface area contributed by atoms with Crippen molar-refractivity contribution in [3.63, 3.8) is 0 Å². The zero-order chi connectivity index (χ0) is 30.2. The Labute approximate surface area is 249 Å². The van der Waals surface area contributed by atoms with Crippen molar-refractivity contribution in [2.45, 2.75) is 46.8 Å². The molecule has 2 amide bonds. The molecule has 10 nitrogen and oxygen atoms in total. The molecule has 220 valence electrons. The maximum atomic E-state index is 12.5. The van der Waals surface area contributed by atoms with Crippen LogP contribution in [0.25, 0.3) is 11.1 Å². The number of ether oxygens (including phenoxy) is 4. The summed E-state index contributed by atoms with van der Waals surface area (Å²) in [6, 6.07) is 13.6. The minimum atomic E-state index is -0.890. The maximum Gasteiger partial charge on any atom is 0.221 e. The number of carbonyl (C=O) groups excluding carboxylic acids is 2. The summed E-state index contributed by atoms with van der Waals surface area (Å²) >= 11 is 0. The summed E-state index contributed by atoms with van der Waals surface area (Å²) in [5, 5.41) is 5.81. The third-order valence-electron chi connectivity index (χ3n) is 7.15. The molecule has 43 heavy (non-hydrogen) atoms. The summed E-state index contributed by atoms with van der Waals surface area (Å²) in [6.45, 7) is 9.55. The largest absolute Gasteiger partial charge is 0.494 e. The van der Waals surface area contributed by atoms with E-state index in [2.05, 4.69) is 10.6 Å². The van der Waals surface area contributed by atoms with E-state index in [9.17, 15) is 9.59 Å². The summed E-state index contributed by atoms with van der Waals surface area (Å²) < 4.78 is 24.9. The van der Waals surface area contributed by atoms with E-state index >= 15 is 0 Å². The molecule has 0 bridgehead atoms. The van der Waals surface area contributed by atoms with Gasteiger partial charge in [-0.3, -0.25) is 9.59 Å². The molecular weight excluding hydrogens is 548 g/mol. The number of nitrogens with one attached hydrogen (secondary N) is 2. The fraction of sp³-hybridized carbons (Fsp3) is 0.273. The zero-order valence-electron chi connectivity index (χ0n) is 24.6. The van der Waals surface area contributed by atoms with Crippen LogP contribution in [0, 0.1) is 0 Å². The van der Waals surface area contributed by atoms with E-state index in [0.717, 1.165) is 16.7 Å². The summed E-state index contributed by atoms with van der Waals surface area (Å²) in [6.07, 6.45) is 2.33. The minimum Gasteiger partial charge on any atom is -0.494 e. The SMILES string of the molecule is CCOC1=CC2=NC3=C(NC(C)=O)C4Oc5cc(-c6ccccc6)c(OCC)cc5N=C4C(NC(C)=O)=C3OC2C=C1C. The predicted octanol–water partition coefficient (Wildman–Crippen LogP) is 5.01. The number of benzene rings is 2. The lowest BCUT2D eigenvalue weighted by atomic mass is 9.93. The van der Waals surface area contributed by atoms with Crippen LogP contribution >= 0.6 is 0 Å². The molecule has 0 aromatic heterocycles. The van der Waals surface area contributed by atoms with Crippen molar-refractivity contribution in [1.82, 2.24) is 10.6 Å². The van der Waals surface area contributed by atoms with Crippen molar-refractivity contribution in [3.8, 4) is 22.6 Å². The molecule has 2 atom stereocenters. The Bertz CT molecular complexity index is 1710. The third kappa shape index (κ3) is 5.20. The molecule has 0 spiro atoms. The Morgan fingerprint density at radius 2 is 1.70 bits per heavy atom. The van der Waals surface area contributed by atoms with Gasteiger partial charge in [-0.1, -0.05) is 30.3 Å². The first-order valence-electron chi connectivity index (χ1n) is 14.2. The normalized spacial score (nSPS) is 19.9. The van der Waals surface area contributed by atoms with Gasteiger partial charge in [0.1, 0.15) is 40.1 Å². The second-order valence-electron chi connectivity index (χ2n) is 10.3. The number of hydrogen-bond donors (Lipinski definition) is 2. The molecule has 6 rings (SSSR count). The van der Waals surface area contributed by atoms with Crippen molar-refractivity contribution in [2.75, 3.05) is 13.2 Å². The van der Waals surface area contributed by atoms with Crippen molar-refractivity contribution < 1.29 is 28.5 Å². The van der Waals surface area contributed by atoms with Gasteiger partial charge in [-0.05, 0) is 44.1 Å². The van der Waals surface area contributed by atoms with Gasteiger partial charge >= 0.3 is 0 Å². The molecule has 2 aromatic rings. The number of aliphatic imine (C=N–C) groups is 2. The molecular formula is C33H32N4O6. The van der Waals surface area contributed by atoms with E-state index in [0.29, 0.717) is 64.7 Å². The number of hydrogen-bond acceptors (Lipinski definition) is 8. The van der Waals surface area contributed by atoms with Crippen LogP contribution in [0.4, 0.5) is 5.69 Å². The average molecular weight is 581 g/mol. The second kappa shape index (κ2) is 11.3. The fourth-order valence-corrected chi connectivity index (χ4v) is 5.40. The number of fused-ring (bicyclic) bond motifs is 4. The van der Waals surface area contributed by atoms with Gasteiger partial charge in [0, 0.05) is 31.6 Å². The van der Waals surface area contributed by atoms with Crippen LogP contribution < -0.4 is 20.1 Å². The lowest BCUT2D eigenvalue weighted by molar-refractivity contribution is -0.119. The first kappa shape index (κ1) is 28.0. The van der Waals surface area contributed by atoms with Crippen molar-refractivity contribution in [2.24, 2.45) is 9.98 Å². The summed E-state index contributed by atoms with van der Waals surface area (Å²) in [4.78, 5) is 34.9. The Kier molecular flexibility index (Phi) is 7.35. The van der Waals surface area contributed by atoms with Crippen LogP contribution in [-0.2, 0) is 19.1 Å². The molecule has 2 N–H and O–H groups in total. The highest BCUT2D eigenvalue weighted by Crippen LogP contribution is 2.46. The monoisotopic (exact) mass is 580 g/mol. The third-order valence-corrected chi connectivity index (χ3v) is 7.15. The van der Waals surface area contributed by atoms with Gasteiger partial charge in [0.05, 0.1) is 24.6 Å². The molecule has 2 aliphatic carbocycles. The molecule has 2 heterocycles. The van der Waals surface area contributed by atoms with Crippen LogP contribution in [0.3, 0.4) is 0 Å². The Balaban J connectivity index is 1.56. The van der Waals surface area contributed by atoms with Crippen molar-refractivity contribution >= 4 is 28.9 Å². The van der Waals surface area contributed by atoms with Gasteiger partial charge in [0.2, 0.25) is 11.8 Å². The minimum absolute atomic E-state index is 0.290. The van der Waals surface area contributed by atoms with Crippen molar-refractivity contribution in [1.29, 1.82) is 0 Å². The molecule has 2 aliphatic heterocycles. The quantitative estimate of drug-likeness (QED) is 0.475. The predicted molar refractivity (Wildman–Crippen MR) is 162 cm³/mol. The van der Waals surface area contributed by atoms with Crippen LogP contribution in [0.15, 0.2) is 98.8 Å². The molecule has 2 aromatic carbocycles. The lowest BCUT2D eigenvalue weighted by Gasteiger charge is -2.38. The smallest absolute Gasteiger partial charge is 0.221 e. The molecule has 4 aliphatic rings. The van der Waals surface area contributed by atoms with E-state index < -0.39 is 12.2 Å². The Morgan fingerprint density at radius 1 is 0.953 bits per heavy atom.